The van der Waals surface area contributed by atoms with Crippen LogP contribution in [0.2, 0.25) is 5.02 Å². The molecule has 0 aliphatic heterocycles. The normalized spacial score (nSPS) is 12.2. The van der Waals surface area contributed by atoms with Gasteiger partial charge in [-0.25, -0.2) is 8.79 Å². The van der Waals surface area contributed by atoms with Gasteiger partial charge in [0.1, 0.15) is 5.82 Å². The topological polar surface area (TPSA) is 47.3 Å². The molecule has 2 aromatic heterocycles. The first-order chi connectivity index (χ1) is 11.6. The van der Waals surface area contributed by atoms with E-state index in [1.807, 2.05) is 6.07 Å². The van der Waals surface area contributed by atoms with Gasteiger partial charge in [-0.1, -0.05) is 53.3 Å². The van der Waals surface area contributed by atoms with Gasteiger partial charge in [-0.2, -0.15) is 0 Å². The molecule has 7 heteroatoms. The molecule has 0 aliphatic rings. The zero-order valence-electron chi connectivity index (χ0n) is 12.1. The Hall–Kier alpha value is -2.57. The molecule has 118 valence electrons. The number of benzene rings is 2. The predicted octanol–water partition coefficient (Wildman–Crippen LogP) is 3.16. The average molecular weight is 358 g/mol. The fourth-order valence-electron chi connectivity index (χ4n) is 2.41. The van der Waals surface area contributed by atoms with Crippen LogP contribution in [0.15, 0.2) is 53.3 Å². The fraction of sp³-hybridized carbons (Fsp3) is 0. The highest BCUT2D eigenvalue weighted by atomic mass is 35.5. The van der Waals surface area contributed by atoms with E-state index in [9.17, 15) is 9.18 Å². The Morgan fingerprint density at radius 1 is 1.08 bits per heavy atom. The summed E-state index contributed by atoms with van der Waals surface area (Å²) in [6, 6.07) is 13.4. The van der Waals surface area contributed by atoms with Crippen LogP contribution in [-0.2, 0) is 0 Å². The van der Waals surface area contributed by atoms with E-state index in [1.165, 1.54) is 16.5 Å². The maximum absolute atomic E-state index is 13.8. The Morgan fingerprint density at radius 2 is 1.83 bits per heavy atom. The number of rotatable bonds is 2. The van der Waals surface area contributed by atoms with Crippen molar-refractivity contribution < 1.29 is 4.39 Å². The fourth-order valence-corrected chi connectivity index (χ4v) is 3.54. The van der Waals surface area contributed by atoms with Crippen LogP contribution in [0.5, 0.6) is 0 Å². The van der Waals surface area contributed by atoms with Crippen LogP contribution in [0.4, 0.5) is 4.39 Å². The van der Waals surface area contributed by atoms with E-state index in [0.29, 0.717) is 31.5 Å². The van der Waals surface area contributed by atoms with Crippen LogP contribution < -0.4 is 10.1 Å². The molecule has 24 heavy (non-hydrogen) atoms. The SMILES string of the molecule is O=c1/c(=C/c2ccccc2F)sc2nnc(-c3ccccc3Cl)n12. The van der Waals surface area contributed by atoms with Gasteiger partial charge in [0, 0.05) is 11.1 Å². The van der Waals surface area contributed by atoms with Crippen molar-refractivity contribution in [1.29, 1.82) is 0 Å². The molecule has 2 heterocycles. The number of hydrogen-bond acceptors (Lipinski definition) is 4. The zero-order chi connectivity index (χ0) is 16.7. The Balaban J connectivity index is 1.97. The highest BCUT2D eigenvalue weighted by Crippen LogP contribution is 2.25. The highest BCUT2D eigenvalue weighted by Gasteiger charge is 2.16. The minimum absolute atomic E-state index is 0.293. The first-order valence-electron chi connectivity index (χ1n) is 7.04. The van der Waals surface area contributed by atoms with Crippen LogP contribution in [0.25, 0.3) is 22.4 Å². The minimum Gasteiger partial charge on any atom is -0.267 e. The standard InChI is InChI=1S/C17H9ClFN3OS/c18-12-7-3-2-6-11(12)15-20-21-17-22(15)16(23)14(24-17)9-10-5-1-4-8-13(10)19/h1-9H/b14-9-. The molecule has 0 saturated carbocycles. The van der Waals surface area contributed by atoms with Gasteiger partial charge in [-0.15, -0.1) is 10.2 Å². The summed E-state index contributed by atoms with van der Waals surface area (Å²) in [7, 11) is 0. The lowest BCUT2D eigenvalue weighted by atomic mass is 10.2. The number of hydrogen-bond donors (Lipinski definition) is 0. The second kappa shape index (κ2) is 5.81. The van der Waals surface area contributed by atoms with Crippen molar-refractivity contribution in [2.45, 2.75) is 0 Å². The van der Waals surface area contributed by atoms with Crippen molar-refractivity contribution in [3.8, 4) is 11.4 Å². The summed E-state index contributed by atoms with van der Waals surface area (Å²) in [5, 5.41) is 8.59. The van der Waals surface area contributed by atoms with Gasteiger partial charge in [0.2, 0.25) is 4.96 Å². The lowest BCUT2D eigenvalue weighted by Gasteiger charge is -1.99. The molecular formula is C17H9ClFN3OS. The van der Waals surface area contributed by atoms with Crippen LogP contribution in [0.1, 0.15) is 5.56 Å². The molecule has 2 aromatic carbocycles. The summed E-state index contributed by atoms with van der Waals surface area (Å²) in [5.74, 6) is -0.00238. The monoisotopic (exact) mass is 357 g/mol. The molecule has 0 atom stereocenters. The third kappa shape index (κ3) is 2.40. The second-order valence-corrected chi connectivity index (χ2v) is 6.48. The van der Waals surface area contributed by atoms with Gasteiger partial charge in [0.25, 0.3) is 5.56 Å². The largest absolute Gasteiger partial charge is 0.276 e. The van der Waals surface area contributed by atoms with Crippen molar-refractivity contribution in [2.75, 3.05) is 0 Å². The average Bonchev–Trinajstić information content (AvgIpc) is 3.11. The second-order valence-electron chi connectivity index (χ2n) is 5.06. The van der Waals surface area contributed by atoms with E-state index in [1.54, 1.807) is 36.4 Å². The van der Waals surface area contributed by atoms with E-state index in [0.717, 1.165) is 11.3 Å². The van der Waals surface area contributed by atoms with Crippen molar-refractivity contribution in [3.63, 3.8) is 0 Å². The van der Waals surface area contributed by atoms with Crippen molar-refractivity contribution >= 4 is 34.0 Å². The smallest absolute Gasteiger partial charge is 0.267 e. The zero-order valence-corrected chi connectivity index (χ0v) is 13.7. The summed E-state index contributed by atoms with van der Waals surface area (Å²) in [5.41, 5.74) is 0.684. The van der Waals surface area contributed by atoms with Gasteiger partial charge >= 0.3 is 0 Å². The summed E-state index contributed by atoms with van der Waals surface area (Å²) in [6.07, 6.45) is 1.52. The maximum atomic E-state index is 13.8. The number of thiazole rings is 1. The van der Waals surface area contributed by atoms with Crippen molar-refractivity contribution in [3.05, 3.63) is 79.8 Å². The van der Waals surface area contributed by atoms with Gasteiger partial charge in [0.05, 0.1) is 9.55 Å². The Morgan fingerprint density at radius 3 is 2.62 bits per heavy atom. The molecule has 0 unspecified atom stereocenters. The van der Waals surface area contributed by atoms with Crippen LogP contribution in [-0.4, -0.2) is 14.6 Å². The van der Waals surface area contributed by atoms with Gasteiger partial charge < -0.3 is 0 Å². The van der Waals surface area contributed by atoms with Gasteiger partial charge in [0.15, 0.2) is 5.82 Å². The number of nitrogens with zero attached hydrogens (tertiary/aromatic N) is 3. The summed E-state index contributed by atoms with van der Waals surface area (Å²) < 4.78 is 15.6. The molecule has 0 N–H and O–H groups in total. The van der Waals surface area contributed by atoms with Crippen LogP contribution in [0, 0.1) is 5.82 Å². The molecule has 4 aromatic rings. The minimum atomic E-state index is -0.382. The molecule has 0 amide bonds. The Kier molecular flexibility index (Phi) is 3.63. The summed E-state index contributed by atoms with van der Waals surface area (Å²) in [6.45, 7) is 0. The Labute approximate surface area is 144 Å². The molecular weight excluding hydrogens is 349 g/mol. The first-order valence-corrected chi connectivity index (χ1v) is 8.23. The third-order valence-corrected chi connectivity index (χ3v) is 4.84. The van der Waals surface area contributed by atoms with Crippen LogP contribution in [0.3, 0.4) is 0 Å². The number of aromatic nitrogens is 3. The molecule has 0 bridgehead atoms. The quantitative estimate of drug-likeness (QED) is 0.553. The molecule has 4 nitrogen and oxygen atoms in total. The highest BCUT2D eigenvalue weighted by molar-refractivity contribution is 7.15. The van der Waals surface area contributed by atoms with Crippen LogP contribution >= 0.6 is 22.9 Å². The molecule has 0 aliphatic carbocycles. The van der Waals surface area contributed by atoms with Crippen molar-refractivity contribution in [1.82, 2.24) is 14.6 Å². The van der Waals surface area contributed by atoms with E-state index in [-0.39, 0.29) is 11.4 Å². The first kappa shape index (κ1) is 15.0. The molecule has 0 saturated heterocycles. The van der Waals surface area contributed by atoms with E-state index >= 15 is 0 Å². The lowest BCUT2D eigenvalue weighted by molar-refractivity contribution is 0.625. The van der Waals surface area contributed by atoms with Crippen molar-refractivity contribution in [2.24, 2.45) is 0 Å². The summed E-state index contributed by atoms with van der Waals surface area (Å²) in [4.78, 5) is 13.1. The number of halogens is 2. The molecule has 0 fully saturated rings. The lowest BCUT2D eigenvalue weighted by Crippen LogP contribution is -2.23. The third-order valence-electron chi connectivity index (χ3n) is 3.56. The van der Waals surface area contributed by atoms with E-state index in [2.05, 4.69) is 10.2 Å². The molecule has 0 radical (unpaired) electrons. The molecule has 4 rings (SSSR count). The van der Waals surface area contributed by atoms with Gasteiger partial charge in [-0.3, -0.25) is 4.79 Å². The number of fused-ring (bicyclic) bond motifs is 1. The molecule has 0 spiro atoms. The summed E-state index contributed by atoms with van der Waals surface area (Å²) >= 11 is 7.35. The van der Waals surface area contributed by atoms with Gasteiger partial charge in [-0.05, 0) is 24.3 Å². The predicted molar refractivity (Wildman–Crippen MR) is 92.8 cm³/mol. The van der Waals surface area contributed by atoms with E-state index < -0.39 is 0 Å². The Bertz CT molecular complexity index is 1170. The maximum Gasteiger partial charge on any atom is 0.276 e. The van der Waals surface area contributed by atoms with E-state index in [4.69, 9.17) is 11.6 Å².